The highest BCUT2D eigenvalue weighted by Gasteiger charge is 2.09. The smallest absolute Gasteiger partial charge is 0.271 e. The van der Waals surface area contributed by atoms with Crippen LogP contribution in [-0.4, -0.2) is 13.8 Å². The third-order valence-corrected chi connectivity index (χ3v) is 3.29. The lowest BCUT2D eigenvalue weighted by atomic mass is 10.2. The minimum Gasteiger partial charge on any atom is -0.424 e. The molecule has 1 N–H and O–H groups in total. The SMILES string of the molecule is C=C[Si](O)c1ccccc1CC. The third kappa shape index (κ3) is 1.84. The standard InChI is InChI=1S/C10H13OSi/c1-3-9-7-5-6-8-10(9)12(11)4-2/h4-8,11H,2-3H2,1H3. The van der Waals surface area contributed by atoms with Gasteiger partial charge in [0.2, 0.25) is 0 Å². The van der Waals surface area contributed by atoms with Gasteiger partial charge in [0.15, 0.2) is 0 Å². The van der Waals surface area contributed by atoms with Gasteiger partial charge in [0, 0.05) is 0 Å². The van der Waals surface area contributed by atoms with Crippen molar-refractivity contribution < 1.29 is 4.80 Å². The van der Waals surface area contributed by atoms with E-state index in [4.69, 9.17) is 0 Å². The maximum absolute atomic E-state index is 9.62. The Hall–Kier alpha value is -0.863. The van der Waals surface area contributed by atoms with Crippen LogP contribution in [-0.2, 0) is 6.42 Å². The normalized spacial score (nSPS) is 10.2. The molecule has 1 aromatic carbocycles. The Balaban J connectivity index is 3.04. The summed E-state index contributed by atoms with van der Waals surface area (Å²) in [6.45, 7) is 5.70. The second kappa shape index (κ2) is 4.23. The van der Waals surface area contributed by atoms with Crippen LogP contribution >= 0.6 is 0 Å². The lowest BCUT2D eigenvalue weighted by Gasteiger charge is -2.07. The highest BCUT2D eigenvalue weighted by molar-refractivity contribution is 6.71. The molecule has 0 atom stereocenters. The molecule has 63 valence electrons. The van der Waals surface area contributed by atoms with Crippen LogP contribution in [0.1, 0.15) is 12.5 Å². The highest BCUT2D eigenvalue weighted by atomic mass is 28.3. The van der Waals surface area contributed by atoms with Crippen LogP contribution in [0.3, 0.4) is 0 Å². The van der Waals surface area contributed by atoms with Crippen molar-refractivity contribution in [1.29, 1.82) is 0 Å². The van der Waals surface area contributed by atoms with Gasteiger partial charge < -0.3 is 4.80 Å². The number of rotatable bonds is 3. The maximum atomic E-state index is 9.62. The van der Waals surface area contributed by atoms with Gasteiger partial charge in [-0.15, -0.1) is 6.58 Å². The van der Waals surface area contributed by atoms with Crippen molar-refractivity contribution in [1.82, 2.24) is 0 Å². The van der Waals surface area contributed by atoms with Crippen LogP contribution in [0, 0.1) is 0 Å². The molecule has 1 rings (SSSR count). The zero-order chi connectivity index (χ0) is 8.97. The van der Waals surface area contributed by atoms with Crippen LogP contribution < -0.4 is 5.19 Å². The summed E-state index contributed by atoms with van der Waals surface area (Å²) in [5.74, 6) is 0. The first-order chi connectivity index (χ1) is 5.79. The van der Waals surface area contributed by atoms with Gasteiger partial charge in [-0.3, -0.25) is 0 Å². The molecule has 12 heavy (non-hydrogen) atoms. The molecule has 0 amide bonds. The molecule has 0 saturated heterocycles. The van der Waals surface area contributed by atoms with E-state index in [1.165, 1.54) is 5.56 Å². The number of benzene rings is 1. The number of hydrogen-bond acceptors (Lipinski definition) is 1. The van der Waals surface area contributed by atoms with Gasteiger partial charge in [0.25, 0.3) is 9.04 Å². The topological polar surface area (TPSA) is 20.2 Å². The van der Waals surface area contributed by atoms with Crippen molar-refractivity contribution in [2.45, 2.75) is 13.3 Å². The fourth-order valence-electron chi connectivity index (χ4n) is 1.19. The average molecular weight is 177 g/mol. The first kappa shape index (κ1) is 9.23. The summed E-state index contributed by atoms with van der Waals surface area (Å²) in [4.78, 5) is 9.62. The second-order valence-corrected chi connectivity index (χ2v) is 4.32. The third-order valence-electron chi connectivity index (χ3n) is 1.87. The molecule has 0 bridgehead atoms. The van der Waals surface area contributed by atoms with Crippen molar-refractivity contribution in [2.24, 2.45) is 0 Å². The Labute approximate surface area is 75.1 Å². The minimum absolute atomic E-state index is 0.971. The van der Waals surface area contributed by atoms with Gasteiger partial charge in [0.1, 0.15) is 0 Å². The van der Waals surface area contributed by atoms with E-state index in [0.29, 0.717) is 0 Å². The second-order valence-electron chi connectivity index (χ2n) is 2.60. The zero-order valence-electron chi connectivity index (χ0n) is 7.25. The summed E-state index contributed by atoms with van der Waals surface area (Å²) in [6.07, 6.45) is 0.971. The molecule has 0 aliphatic rings. The minimum atomic E-state index is -1.48. The van der Waals surface area contributed by atoms with Crippen molar-refractivity contribution in [3.05, 3.63) is 42.1 Å². The van der Waals surface area contributed by atoms with Crippen LogP contribution in [0.5, 0.6) is 0 Å². The van der Waals surface area contributed by atoms with E-state index in [9.17, 15) is 4.80 Å². The molecule has 1 radical (unpaired) electrons. The summed E-state index contributed by atoms with van der Waals surface area (Å²) in [5.41, 5.74) is 2.88. The van der Waals surface area contributed by atoms with Gasteiger partial charge in [-0.2, -0.15) is 0 Å². The summed E-state index contributed by atoms with van der Waals surface area (Å²) >= 11 is 0. The first-order valence-electron chi connectivity index (χ1n) is 4.06. The molecule has 2 heteroatoms. The predicted octanol–water partition coefficient (Wildman–Crippen LogP) is 1.17. The van der Waals surface area contributed by atoms with E-state index in [2.05, 4.69) is 19.6 Å². The van der Waals surface area contributed by atoms with Crippen LogP contribution in [0.4, 0.5) is 0 Å². The molecule has 0 aromatic heterocycles. The highest BCUT2D eigenvalue weighted by Crippen LogP contribution is 1.98. The fraction of sp³-hybridized carbons (Fsp3) is 0.200. The van der Waals surface area contributed by atoms with E-state index >= 15 is 0 Å². The molecule has 0 aliphatic carbocycles. The van der Waals surface area contributed by atoms with Crippen molar-refractivity contribution in [3.63, 3.8) is 0 Å². The Morgan fingerprint density at radius 3 is 2.75 bits per heavy atom. The van der Waals surface area contributed by atoms with Crippen LogP contribution in [0.25, 0.3) is 0 Å². The molecular formula is C10H13OSi. The lowest BCUT2D eigenvalue weighted by Crippen LogP contribution is -2.30. The van der Waals surface area contributed by atoms with E-state index in [-0.39, 0.29) is 0 Å². The molecule has 0 aliphatic heterocycles. The van der Waals surface area contributed by atoms with Gasteiger partial charge in [-0.25, -0.2) is 0 Å². The average Bonchev–Trinajstić information content (AvgIpc) is 2.16. The number of hydrogen-bond donors (Lipinski definition) is 1. The Kier molecular flexibility index (Phi) is 3.26. The molecule has 0 unspecified atom stereocenters. The van der Waals surface area contributed by atoms with E-state index in [1.54, 1.807) is 5.70 Å². The summed E-state index contributed by atoms with van der Waals surface area (Å²) in [7, 11) is -1.48. The Morgan fingerprint density at radius 1 is 1.50 bits per heavy atom. The van der Waals surface area contributed by atoms with Crippen molar-refractivity contribution in [2.75, 3.05) is 0 Å². The Morgan fingerprint density at radius 2 is 2.17 bits per heavy atom. The zero-order valence-corrected chi connectivity index (χ0v) is 8.25. The van der Waals surface area contributed by atoms with Gasteiger partial charge >= 0.3 is 0 Å². The molecule has 1 nitrogen and oxygen atoms in total. The largest absolute Gasteiger partial charge is 0.424 e. The molecule has 0 heterocycles. The van der Waals surface area contributed by atoms with Gasteiger partial charge in [0.05, 0.1) is 0 Å². The van der Waals surface area contributed by atoms with Gasteiger partial charge in [-0.05, 0) is 17.2 Å². The van der Waals surface area contributed by atoms with Gasteiger partial charge in [-0.1, -0.05) is 36.9 Å². The van der Waals surface area contributed by atoms with Crippen molar-refractivity contribution >= 4 is 14.2 Å². The lowest BCUT2D eigenvalue weighted by molar-refractivity contribution is 0.599. The summed E-state index contributed by atoms with van der Waals surface area (Å²) < 4.78 is 0. The predicted molar refractivity (Wildman–Crippen MR) is 53.6 cm³/mol. The first-order valence-corrected chi connectivity index (χ1v) is 5.58. The summed E-state index contributed by atoms with van der Waals surface area (Å²) in [5, 5.41) is 1.07. The van der Waals surface area contributed by atoms with Crippen molar-refractivity contribution in [3.8, 4) is 0 Å². The summed E-state index contributed by atoms with van der Waals surface area (Å²) in [6, 6.07) is 7.99. The molecule has 0 spiro atoms. The number of aryl methyl sites for hydroxylation is 1. The fourth-order valence-corrected chi connectivity index (χ4v) is 2.26. The molecule has 0 fully saturated rings. The van der Waals surface area contributed by atoms with E-state index in [0.717, 1.165) is 11.6 Å². The molecular weight excluding hydrogens is 164 g/mol. The van der Waals surface area contributed by atoms with E-state index in [1.807, 2.05) is 18.2 Å². The monoisotopic (exact) mass is 177 g/mol. The maximum Gasteiger partial charge on any atom is 0.271 e. The van der Waals surface area contributed by atoms with Crippen LogP contribution in [0.15, 0.2) is 36.5 Å². The molecule has 1 aromatic rings. The Bertz CT molecular complexity index is 270. The van der Waals surface area contributed by atoms with E-state index < -0.39 is 9.04 Å². The quantitative estimate of drug-likeness (QED) is 0.687. The molecule has 0 saturated carbocycles. The van der Waals surface area contributed by atoms with Crippen LogP contribution in [0.2, 0.25) is 0 Å².